The molecule has 1 aliphatic rings. The number of ether oxygens (including phenoxy) is 2. The van der Waals surface area contributed by atoms with Crippen molar-refractivity contribution in [1.82, 2.24) is 0 Å². The predicted molar refractivity (Wildman–Crippen MR) is 77.6 cm³/mol. The number of nitrogens with one attached hydrogen (secondary N) is 1. The van der Waals surface area contributed by atoms with Crippen LogP contribution in [0.2, 0.25) is 0 Å². The van der Waals surface area contributed by atoms with Gasteiger partial charge in [0.05, 0.1) is 6.61 Å². The summed E-state index contributed by atoms with van der Waals surface area (Å²) in [4.78, 5) is 0. The number of benzene rings is 1. The number of hydrogen-bond acceptors (Lipinski definition) is 4. The lowest BCUT2D eigenvalue weighted by atomic mass is 10.0. The Bertz CT molecular complexity index is 384. The van der Waals surface area contributed by atoms with Gasteiger partial charge < -0.3 is 20.5 Å². The first-order valence-electron chi connectivity index (χ1n) is 7.02. The monoisotopic (exact) mass is 264 g/mol. The molecule has 106 valence electrons. The van der Waals surface area contributed by atoms with E-state index in [0.29, 0.717) is 25.2 Å². The van der Waals surface area contributed by atoms with E-state index in [4.69, 9.17) is 15.2 Å². The van der Waals surface area contributed by atoms with E-state index >= 15 is 0 Å². The van der Waals surface area contributed by atoms with Crippen LogP contribution < -0.4 is 15.8 Å². The van der Waals surface area contributed by atoms with Crippen molar-refractivity contribution in [2.75, 3.05) is 32.2 Å². The molecular weight excluding hydrogens is 240 g/mol. The molecule has 19 heavy (non-hydrogen) atoms. The van der Waals surface area contributed by atoms with E-state index in [0.717, 1.165) is 18.0 Å². The molecule has 0 bridgehead atoms. The van der Waals surface area contributed by atoms with E-state index in [2.05, 4.69) is 11.4 Å². The van der Waals surface area contributed by atoms with Crippen LogP contribution in [0.4, 0.5) is 5.69 Å². The fourth-order valence-electron chi connectivity index (χ4n) is 2.64. The van der Waals surface area contributed by atoms with Gasteiger partial charge in [0.1, 0.15) is 12.4 Å². The van der Waals surface area contributed by atoms with Crippen molar-refractivity contribution >= 4 is 5.69 Å². The maximum Gasteiger partial charge on any atom is 0.121 e. The van der Waals surface area contributed by atoms with Gasteiger partial charge in [0, 0.05) is 24.9 Å². The predicted octanol–water partition coefficient (Wildman–Crippen LogP) is 2.25. The molecule has 0 heterocycles. The van der Waals surface area contributed by atoms with Crippen LogP contribution >= 0.6 is 0 Å². The van der Waals surface area contributed by atoms with Gasteiger partial charge in [-0.3, -0.25) is 0 Å². The SMILES string of the molecule is COCCOc1cccc(NC2CCCC2CN)c1. The van der Waals surface area contributed by atoms with Crippen molar-refractivity contribution in [3.8, 4) is 5.75 Å². The molecule has 1 aromatic rings. The van der Waals surface area contributed by atoms with Gasteiger partial charge in [-0.1, -0.05) is 12.5 Å². The normalized spacial score (nSPS) is 22.4. The standard InChI is InChI=1S/C15H24N2O2/c1-18-8-9-19-14-6-3-5-13(10-14)17-15-7-2-4-12(15)11-16/h3,5-6,10,12,15,17H,2,4,7-9,11,16H2,1H3. The van der Waals surface area contributed by atoms with E-state index in [-0.39, 0.29) is 0 Å². The van der Waals surface area contributed by atoms with Crippen LogP contribution in [0.25, 0.3) is 0 Å². The van der Waals surface area contributed by atoms with Crippen molar-refractivity contribution in [3.05, 3.63) is 24.3 Å². The second-order valence-electron chi connectivity index (χ2n) is 5.05. The minimum absolute atomic E-state index is 0.499. The van der Waals surface area contributed by atoms with Crippen LogP contribution in [-0.4, -0.2) is 32.9 Å². The van der Waals surface area contributed by atoms with Crippen LogP contribution in [0.15, 0.2) is 24.3 Å². The van der Waals surface area contributed by atoms with E-state index in [1.54, 1.807) is 7.11 Å². The van der Waals surface area contributed by atoms with E-state index in [9.17, 15) is 0 Å². The molecule has 1 aromatic carbocycles. The maximum atomic E-state index is 5.81. The zero-order valence-corrected chi connectivity index (χ0v) is 11.6. The Morgan fingerprint density at radius 2 is 2.21 bits per heavy atom. The lowest BCUT2D eigenvalue weighted by Crippen LogP contribution is -2.29. The van der Waals surface area contributed by atoms with Crippen molar-refractivity contribution in [3.63, 3.8) is 0 Å². The molecule has 0 radical (unpaired) electrons. The smallest absolute Gasteiger partial charge is 0.121 e. The topological polar surface area (TPSA) is 56.5 Å². The molecule has 1 saturated carbocycles. The molecule has 2 rings (SSSR count). The molecule has 3 N–H and O–H groups in total. The fourth-order valence-corrected chi connectivity index (χ4v) is 2.64. The third kappa shape index (κ3) is 4.11. The molecular formula is C15H24N2O2. The molecule has 4 heteroatoms. The molecule has 0 aliphatic heterocycles. The summed E-state index contributed by atoms with van der Waals surface area (Å²) in [5.74, 6) is 1.47. The van der Waals surface area contributed by atoms with Crippen molar-refractivity contribution in [2.45, 2.75) is 25.3 Å². The van der Waals surface area contributed by atoms with Crippen molar-refractivity contribution < 1.29 is 9.47 Å². The Labute approximate surface area is 115 Å². The lowest BCUT2D eigenvalue weighted by Gasteiger charge is -2.21. The highest BCUT2D eigenvalue weighted by molar-refractivity contribution is 5.49. The molecule has 2 atom stereocenters. The average molecular weight is 264 g/mol. The molecule has 0 amide bonds. The summed E-state index contributed by atoms with van der Waals surface area (Å²) in [6.45, 7) is 1.95. The van der Waals surface area contributed by atoms with Crippen LogP contribution in [0.1, 0.15) is 19.3 Å². The van der Waals surface area contributed by atoms with Crippen molar-refractivity contribution in [1.29, 1.82) is 0 Å². The fraction of sp³-hybridized carbons (Fsp3) is 0.600. The lowest BCUT2D eigenvalue weighted by molar-refractivity contribution is 0.146. The van der Waals surface area contributed by atoms with Gasteiger partial charge in [0.15, 0.2) is 0 Å². The molecule has 0 aromatic heterocycles. The number of rotatable bonds is 7. The van der Waals surface area contributed by atoms with Crippen LogP contribution in [-0.2, 0) is 4.74 Å². The van der Waals surface area contributed by atoms with Crippen LogP contribution in [0, 0.1) is 5.92 Å². The Morgan fingerprint density at radius 1 is 1.32 bits per heavy atom. The Hall–Kier alpha value is -1.26. The second kappa shape index (κ2) is 7.36. The molecule has 0 saturated heterocycles. The first-order valence-corrected chi connectivity index (χ1v) is 7.02. The zero-order valence-electron chi connectivity index (χ0n) is 11.6. The number of anilines is 1. The molecule has 1 aliphatic carbocycles. The first-order chi connectivity index (χ1) is 9.33. The van der Waals surface area contributed by atoms with Crippen molar-refractivity contribution in [2.24, 2.45) is 11.7 Å². The summed E-state index contributed by atoms with van der Waals surface area (Å²) < 4.78 is 10.6. The van der Waals surface area contributed by atoms with Gasteiger partial charge in [0.2, 0.25) is 0 Å². The first kappa shape index (κ1) is 14.2. The van der Waals surface area contributed by atoms with E-state index < -0.39 is 0 Å². The van der Waals surface area contributed by atoms with Crippen LogP contribution in [0.3, 0.4) is 0 Å². The van der Waals surface area contributed by atoms with E-state index in [1.807, 2.05) is 18.2 Å². The average Bonchev–Trinajstić information content (AvgIpc) is 2.87. The highest BCUT2D eigenvalue weighted by atomic mass is 16.5. The number of nitrogens with two attached hydrogens (primary N) is 1. The molecule has 1 fully saturated rings. The summed E-state index contributed by atoms with van der Waals surface area (Å²) in [6.07, 6.45) is 3.71. The minimum atomic E-state index is 0.499. The summed E-state index contributed by atoms with van der Waals surface area (Å²) in [5.41, 5.74) is 6.92. The Kier molecular flexibility index (Phi) is 5.48. The summed E-state index contributed by atoms with van der Waals surface area (Å²) in [6, 6.07) is 8.60. The largest absolute Gasteiger partial charge is 0.491 e. The van der Waals surface area contributed by atoms with Gasteiger partial charge in [-0.25, -0.2) is 0 Å². The van der Waals surface area contributed by atoms with Gasteiger partial charge in [-0.15, -0.1) is 0 Å². The number of hydrogen-bond donors (Lipinski definition) is 2. The summed E-state index contributed by atoms with van der Waals surface area (Å²) in [5, 5.41) is 3.58. The van der Waals surface area contributed by atoms with Gasteiger partial charge in [0.25, 0.3) is 0 Å². The molecule has 0 spiro atoms. The highest BCUT2D eigenvalue weighted by Crippen LogP contribution is 2.28. The van der Waals surface area contributed by atoms with Gasteiger partial charge in [-0.05, 0) is 37.4 Å². The Balaban J connectivity index is 1.91. The Morgan fingerprint density at radius 3 is 3.00 bits per heavy atom. The minimum Gasteiger partial charge on any atom is -0.491 e. The van der Waals surface area contributed by atoms with E-state index in [1.165, 1.54) is 19.3 Å². The summed E-state index contributed by atoms with van der Waals surface area (Å²) in [7, 11) is 1.67. The van der Waals surface area contributed by atoms with Gasteiger partial charge >= 0.3 is 0 Å². The quantitative estimate of drug-likeness (QED) is 0.742. The third-order valence-electron chi connectivity index (χ3n) is 3.70. The molecule has 2 unspecified atom stereocenters. The second-order valence-corrected chi connectivity index (χ2v) is 5.05. The van der Waals surface area contributed by atoms with Crippen LogP contribution in [0.5, 0.6) is 5.75 Å². The zero-order chi connectivity index (χ0) is 13.5. The highest BCUT2D eigenvalue weighted by Gasteiger charge is 2.25. The molecule has 4 nitrogen and oxygen atoms in total. The third-order valence-corrected chi connectivity index (χ3v) is 3.70. The number of methoxy groups -OCH3 is 1. The maximum absolute atomic E-state index is 5.81. The summed E-state index contributed by atoms with van der Waals surface area (Å²) >= 11 is 0. The van der Waals surface area contributed by atoms with Gasteiger partial charge in [-0.2, -0.15) is 0 Å².